The Morgan fingerprint density at radius 2 is 1.81 bits per heavy atom. The van der Waals surface area contributed by atoms with Gasteiger partial charge in [0.1, 0.15) is 10.7 Å². The molecule has 0 saturated heterocycles. The number of rotatable bonds is 4. The normalized spacial score (nSPS) is 11.0. The zero-order chi connectivity index (χ0) is 18.1. The Kier molecular flexibility index (Phi) is 4.76. The lowest BCUT2D eigenvalue weighted by atomic mass is 10.1. The molecular formula is C19H14Cl2N4S. The molecule has 2 heterocycles. The van der Waals surface area contributed by atoms with Crippen LogP contribution in [0.3, 0.4) is 0 Å². The third-order valence-electron chi connectivity index (χ3n) is 3.98. The van der Waals surface area contributed by atoms with Crippen LogP contribution in [-0.4, -0.2) is 25.6 Å². The van der Waals surface area contributed by atoms with E-state index in [1.165, 1.54) is 0 Å². The van der Waals surface area contributed by atoms with Crippen LogP contribution in [0, 0.1) is 0 Å². The van der Waals surface area contributed by atoms with Crippen LogP contribution >= 0.6 is 35.0 Å². The Labute approximate surface area is 165 Å². The van der Waals surface area contributed by atoms with Crippen molar-refractivity contribution in [2.75, 3.05) is 6.26 Å². The van der Waals surface area contributed by atoms with E-state index in [1.807, 2.05) is 64.2 Å². The monoisotopic (exact) mass is 400 g/mol. The highest BCUT2D eigenvalue weighted by atomic mass is 35.5. The van der Waals surface area contributed by atoms with Gasteiger partial charge in [0.15, 0.2) is 0 Å². The van der Waals surface area contributed by atoms with E-state index >= 15 is 0 Å². The van der Waals surface area contributed by atoms with E-state index in [1.54, 1.807) is 30.4 Å². The predicted octanol–water partition coefficient (Wildman–Crippen LogP) is 5.75. The molecule has 2 aromatic carbocycles. The molecule has 0 aliphatic heterocycles. The van der Waals surface area contributed by atoms with Crippen molar-refractivity contribution < 1.29 is 0 Å². The maximum atomic E-state index is 6.29. The van der Waals surface area contributed by atoms with Crippen LogP contribution in [0.5, 0.6) is 0 Å². The van der Waals surface area contributed by atoms with E-state index in [0.717, 1.165) is 27.7 Å². The lowest BCUT2D eigenvalue weighted by Gasteiger charge is -2.11. The first-order chi connectivity index (χ1) is 12.7. The maximum Gasteiger partial charge on any atom is 0.143 e. The summed E-state index contributed by atoms with van der Waals surface area (Å²) in [6, 6.07) is 15.6. The van der Waals surface area contributed by atoms with Crippen molar-refractivity contribution in [2.45, 2.75) is 5.03 Å². The Hall–Kier alpha value is -2.21. The zero-order valence-electron chi connectivity index (χ0n) is 13.8. The molecule has 26 heavy (non-hydrogen) atoms. The van der Waals surface area contributed by atoms with Crippen LogP contribution in [0.15, 0.2) is 72.3 Å². The van der Waals surface area contributed by atoms with Gasteiger partial charge in [0.25, 0.3) is 0 Å². The van der Waals surface area contributed by atoms with Gasteiger partial charge in [-0.05, 0) is 30.5 Å². The quantitative estimate of drug-likeness (QED) is 0.408. The Morgan fingerprint density at radius 3 is 2.46 bits per heavy atom. The van der Waals surface area contributed by atoms with Gasteiger partial charge in [-0.25, -0.2) is 9.67 Å². The number of para-hydroxylation sites is 1. The molecule has 4 rings (SSSR count). The summed E-state index contributed by atoms with van der Waals surface area (Å²) in [6.45, 7) is 0. The number of aromatic nitrogens is 4. The summed E-state index contributed by atoms with van der Waals surface area (Å²) in [5, 5.41) is 6.76. The maximum absolute atomic E-state index is 6.29. The van der Waals surface area contributed by atoms with Gasteiger partial charge in [-0.1, -0.05) is 47.5 Å². The van der Waals surface area contributed by atoms with E-state index in [-0.39, 0.29) is 0 Å². The minimum atomic E-state index is 0.507. The van der Waals surface area contributed by atoms with Crippen LogP contribution in [0.2, 0.25) is 10.0 Å². The molecule has 2 aromatic heterocycles. The summed E-state index contributed by atoms with van der Waals surface area (Å²) >= 11 is 14.0. The fourth-order valence-electron chi connectivity index (χ4n) is 2.81. The Balaban J connectivity index is 2.05. The van der Waals surface area contributed by atoms with Gasteiger partial charge in [-0.3, -0.25) is 0 Å². The molecule has 0 aliphatic carbocycles. The zero-order valence-corrected chi connectivity index (χ0v) is 16.1. The highest BCUT2D eigenvalue weighted by Gasteiger charge is 2.22. The molecule has 4 nitrogen and oxygen atoms in total. The number of thioether (sulfide) groups is 1. The summed E-state index contributed by atoms with van der Waals surface area (Å²) in [5.41, 5.74) is 3.78. The summed E-state index contributed by atoms with van der Waals surface area (Å²) in [6.07, 6.45) is 7.44. The van der Waals surface area contributed by atoms with E-state index in [0.29, 0.717) is 10.0 Å². The number of hydrogen-bond donors (Lipinski definition) is 0. The molecule has 0 radical (unpaired) electrons. The van der Waals surface area contributed by atoms with Gasteiger partial charge < -0.3 is 4.57 Å². The molecule has 0 fully saturated rings. The van der Waals surface area contributed by atoms with Crippen molar-refractivity contribution in [2.24, 2.45) is 0 Å². The molecule has 7 heteroatoms. The smallest absolute Gasteiger partial charge is 0.143 e. The van der Waals surface area contributed by atoms with Crippen molar-refractivity contribution in [1.29, 1.82) is 0 Å². The molecular weight excluding hydrogens is 387 g/mol. The topological polar surface area (TPSA) is 35.6 Å². The lowest BCUT2D eigenvalue weighted by molar-refractivity contribution is 0.842. The lowest BCUT2D eigenvalue weighted by Crippen LogP contribution is -2.00. The molecule has 0 amide bonds. The Morgan fingerprint density at radius 1 is 1.00 bits per heavy atom. The third kappa shape index (κ3) is 3.03. The van der Waals surface area contributed by atoms with Crippen molar-refractivity contribution in [1.82, 2.24) is 19.3 Å². The second-order valence-electron chi connectivity index (χ2n) is 5.55. The van der Waals surface area contributed by atoms with Gasteiger partial charge in [0.2, 0.25) is 0 Å². The summed E-state index contributed by atoms with van der Waals surface area (Å²) < 4.78 is 3.90. The Bertz CT molecular complexity index is 1040. The molecule has 0 unspecified atom stereocenters. The standard InChI is InChI=1S/C19H14Cl2N4S/c1-26-19-18(24-10-9-22-12-24)17(13-7-8-15(20)16(21)11-13)25(23-19)14-5-3-2-4-6-14/h2-12H,1H3. The van der Waals surface area contributed by atoms with Crippen LogP contribution in [0.25, 0.3) is 22.6 Å². The SMILES string of the molecule is CSc1nn(-c2ccccc2)c(-c2ccc(Cl)c(Cl)c2)c1-n1ccnc1. The van der Waals surface area contributed by atoms with Crippen LogP contribution in [0.1, 0.15) is 0 Å². The first kappa shape index (κ1) is 17.2. The average molecular weight is 401 g/mol. The second kappa shape index (κ2) is 7.19. The minimum absolute atomic E-state index is 0.507. The van der Waals surface area contributed by atoms with Gasteiger partial charge >= 0.3 is 0 Å². The van der Waals surface area contributed by atoms with Crippen molar-refractivity contribution in [3.63, 3.8) is 0 Å². The minimum Gasteiger partial charge on any atom is -0.302 e. The van der Waals surface area contributed by atoms with E-state index in [2.05, 4.69) is 4.98 Å². The van der Waals surface area contributed by atoms with Crippen molar-refractivity contribution in [3.8, 4) is 22.6 Å². The predicted molar refractivity (Wildman–Crippen MR) is 108 cm³/mol. The van der Waals surface area contributed by atoms with Crippen molar-refractivity contribution >= 4 is 35.0 Å². The molecule has 0 aliphatic rings. The molecule has 0 N–H and O–H groups in total. The largest absolute Gasteiger partial charge is 0.302 e. The van der Waals surface area contributed by atoms with Gasteiger partial charge in [0.05, 0.1) is 27.8 Å². The number of imidazole rings is 1. The van der Waals surface area contributed by atoms with Crippen LogP contribution in [0.4, 0.5) is 0 Å². The highest BCUT2D eigenvalue weighted by Crippen LogP contribution is 2.37. The van der Waals surface area contributed by atoms with E-state index < -0.39 is 0 Å². The number of benzene rings is 2. The molecule has 4 aromatic rings. The molecule has 130 valence electrons. The fourth-order valence-corrected chi connectivity index (χ4v) is 3.67. The van der Waals surface area contributed by atoms with E-state index in [9.17, 15) is 0 Å². The highest BCUT2D eigenvalue weighted by molar-refractivity contribution is 7.98. The number of nitrogens with zero attached hydrogens (tertiary/aromatic N) is 4. The molecule has 0 atom stereocenters. The van der Waals surface area contributed by atoms with Crippen LogP contribution in [-0.2, 0) is 0 Å². The molecule has 0 saturated carbocycles. The van der Waals surface area contributed by atoms with Gasteiger partial charge in [-0.2, -0.15) is 5.10 Å². The molecule has 0 spiro atoms. The van der Waals surface area contributed by atoms with E-state index in [4.69, 9.17) is 28.3 Å². The first-order valence-corrected chi connectivity index (χ1v) is 9.83. The second-order valence-corrected chi connectivity index (χ2v) is 7.16. The summed E-state index contributed by atoms with van der Waals surface area (Å²) in [4.78, 5) is 4.19. The number of halogens is 2. The van der Waals surface area contributed by atoms with Gasteiger partial charge in [0, 0.05) is 18.0 Å². The van der Waals surface area contributed by atoms with Crippen LogP contribution < -0.4 is 0 Å². The summed E-state index contributed by atoms with van der Waals surface area (Å²) in [7, 11) is 0. The third-order valence-corrected chi connectivity index (χ3v) is 5.38. The average Bonchev–Trinajstić information content (AvgIpc) is 3.31. The van der Waals surface area contributed by atoms with Gasteiger partial charge in [-0.15, -0.1) is 11.8 Å². The number of hydrogen-bond acceptors (Lipinski definition) is 3. The first-order valence-electron chi connectivity index (χ1n) is 7.85. The summed E-state index contributed by atoms with van der Waals surface area (Å²) in [5.74, 6) is 0. The molecule has 0 bridgehead atoms. The van der Waals surface area contributed by atoms with Crippen molar-refractivity contribution in [3.05, 3.63) is 77.3 Å². The fraction of sp³-hybridized carbons (Fsp3) is 0.0526.